The van der Waals surface area contributed by atoms with E-state index < -0.39 is 0 Å². The molecular weight excluding hydrogens is 916 g/mol. The first-order valence-corrected chi connectivity index (χ1v) is 27.7. The van der Waals surface area contributed by atoms with Gasteiger partial charge >= 0.3 is 0 Å². The monoisotopic (exact) mass is 997 g/mol. The Labute approximate surface area is 458 Å². The van der Waals surface area contributed by atoms with E-state index in [1.165, 1.54) is 83.4 Å². The number of hydrogen-bond donors (Lipinski definition) is 0. The fourth-order valence-electron chi connectivity index (χ4n) is 11.8. The summed E-state index contributed by atoms with van der Waals surface area (Å²) in [5.74, 6) is 0. The van der Waals surface area contributed by atoms with E-state index >= 15 is 0 Å². The maximum Gasteiger partial charge on any atom is 0.247 e. The third kappa shape index (κ3) is 10.1. The first-order chi connectivity index (χ1) is 36.0. The van der Waals surface area contributed by atoms with Gasteiger partial charge in [-0.25, -0.2) is 0 Å². The van der Waals surface area contributed by atoms with Gasteiger partial charge in [-0.2, -0.15) is 0 Å². The van der Waals surface area contributed by atoms with Gasteiger partial charge in [0, 0.05) is 50.4 Å². The van der Waals surface area contributed by atoms with Gasteiger partial charge in [0.2, 0.25) is 6.71 Å². The Morgan fingerprint density at radius 3 is 1.43 bits per heavy atom. The highest BCUT2D eigenvalue weighted by atomic mass is 15.2. The zero-order chi connectivity index (χ0) is 54.5. The molecule has 3 heteroatoms. The lowest BCUT2D eigenvalue weighted by Gasteiger charge is -2.41. The molecule has 0 saturated carbocycles. The first-order valence-electron chi connectivity index (χ1n) is 27.7. The van der Waals surface area contributed by atoms with Crippen LogP contribution in [0.4, 0.5) is 34.1 Å². The van der Waals surface area contributed by atoms with Crippen LogP contribution in [0.15, 0.2) is 206 Å². The molecule has 2 nitrogen and oxygen atoms in total. The molecule has 0 saturated heterocycles. The molecule has 386 valence electrons. The highest BCUT2D eigenvalue weighted by Gasteiger charge is 2.40. The molecule has 9 rings (SSSR count). The molecule has 0 spiro atoms. The molecular formula is C73H81BN2. The van der Waals surface area contributed by atoms with Crippen molar-refractivity contribution in [2.75, 3.05) is 9.80 Å². The van der Waals surface area contributed by atoms with Crippen LogP contribution in [0.2, 0.25) is 0 Å². The minimum Gasteiger partial charge on any atom is -0.311 e. The van der Waals surface area contributed by atoms with Crippen molar-refractivity contribution in [2.45, 2.75) is 138 Å². The maximum atomic E-state index is 2.58. The molecule has 0 aromatic heterocycles. The predicted molar refractivity (Wildman–Crippen MR) is 333 cm³/mol. The van der Waals surface area contributed by atoms with Gasteiger partial charge in [-0.05, 0) is 149 Å². The number of rotatable bonds is 12. The quantitative estimate of drug-likeness (QED) is 0.0889. The van der Waals surface area contributed by atoms with Gasteiger partial charge in [-0.1, -0.05) is 245 Å². The largest absolute Gasteiger partial charge is 0.311 e. The number of hydrogen-bond acceptors (Lipinski definition) is 2. The van der Waals surface area contributed by atoms with E-state index in [2.05, 4.69) is 321 Å². The van der Waals surface area contributed by atoms with Crippen LogP contribution >= 0.6 is 0 Å². The van der Waals surface area contributed by atoms with Crippen LogP contribution in [-0.4, -0.2) is 6.71 Å². The average Bonchev–Trinajstić information content (AvgIpc) is 3.54. The van der Waals surface area contributed by atoms with Gasteiger partial charge in [0.15, 0.2) is 0 Å². The lowest BCUT2D eigenvalue weighted by atomic mass is 9.33. The summed E-state index contributed by atoms with van der Waals surface area (Å²) >= 11 is 0. The molecule has 0 bridgehead atoms. The van der Waals surface area contributed by atoms with Crippen molar-refractivity contribution in [2.24, 2.45) is 0 Å². The number of anilines is 6. The molecule has 1 aliphatic rings. The van der Waals surface area contributed by atoms with Gasteiger partial charge in [0.25, 0.3) is 0 Å². The Kier molecular flexibility index (Phi) is 14.5. The van der Waals surface area contributed by atoms with Gasteiger partial charge in [-0.15, -0.1) is 0 Å². The van der Waals surface area contributed by atoms with Crippen molar-refractivity contribution in [3.05, 3.63) is 256 Å². The summed E-state index contributed by atoms with van der Waals surface area (Å²) in [6.45, 7) is 37.0. The summed E-state index contributed by atoms with van der Waals surface area (Å²) in [6.07, 6.45) is 6.72. The van der Waals surface area contributed by atoms with Gasteiger partial charge < -0.3 is 9.80 Å². The van der Waals surface area contributed by atoms with Crippen LogP contribution in [-0.2, 0) is 27.1 Å². The molecule has 0 amide bonds. The fourth-order valence-corrected chi connectivity index (χ4v) is 11.8. The van der Waals surface area contributed by atoms with Crippen LogP contribution < -0.4 is 26.2 Å². The smallest absolute Gasteiger partial charge is 0.247 e. The van der Waals surface area contributed by atoms with E-state index in [4.69, 9.17) is 0 Å². The Morgan fingerprint density at radius 2 is 0.908 bits per heavy atom. The van der Waals surface area contributed by atoms with Crippen molar-refractivity contribution in [1.29, 1.82) is 0 Å². The average molecular weight is 997 g/mol. The predicted octanol–water partition coefficient (Wildman–Crippen LogP) is 18.1. The maximum absolute atomic E-state index is 2.58. The highest BCUT2D eigenvalue weighted by Crippen LogP contribution is 2.46. The van der Waals surface area contributed by atoms with E-state index in [1.54, 1.807) is 0 Å². The second kappa shape index (κ2) is 20.5. The third-order valence-corrected chi connectivity index (χ3v) is 16.9. The van der Waals surface area contributed by atoms with E-state index in [0.29, 0.717) is 0 Å². The molecule has 0 fully saturated rings. The van der Waals surface area contributed by atoms with Gasteiger partial charge in [-0.3, -0.25) is 0 Å². The number of benzene rings is 8. The Bertz CT molecular complexity index is 3390. The molecule has 0 atom stereocenters. The van der Waals surface area contributed by atoms with Crippen LogP contribution in [0.25, 0.3) is 0 Å². The van der Waals surface area contributed by atoms with Crippen LogP contribution in [0.5, 0.6) is 0 Å². The zero-order valence-electron chi connectivity index (χ0n) is 48.5. The molecule has 8 aromatic rings. The van der Waals surface area contributed by atoms with Gasteiger partial charge in [0.05, 0.1) is 0 Å². The summed E-state index contributed by atoms with van der Waals surface area (Å²) in [5, 5.41) is 0. The zero-order valence-corrected chi connectivity index (χ0v) is 48.5. The summed E-state index contributed by atoms with van der Waals surface area (Å²) in [7, 11) is 0. The summed E-state index contributed by atoms with van der Waals surface area (Å²) in [4.78, 5) is 5.09. The standard InChI is InChI=1S/C73H81BN2/c1-17-27-52(18-2)71(11,12)58-37-36-50(3)64(47-58)74-65-48-59(73(15,16)54-30-23-20-24-31-54)40-43-66(65)76(60-41-38-55(39-42-60)72(13,14)53-28-21-19-22-29-53)67-49-63(44-51(4)68(67)74)75(61-34-25-32-56(45-61)69(5,6)7)62-35-26-33-57(46-62)70(8,9)10/h17-49H,1-16H3/b27-17-,52-18+. The summed E-state index contributed by atoms with van der Waals surface area (Å²) < 4.78 is 0. The molecule has 0 radical (unpaired) electrons. The Morgan fingerprint density at radius 1 is 0.421 bits per heavy atom. The molecule has 8 aromatic carbocycles. The molecule has 0 unspecified atom stereocenters. The van der Waals surface area contributed by atoms with Crippen LogP contribution in [0.1, 0.15) is 147 Å². The highest BCUT2D eigenvalue weighted by molar-refractivity contribution is 6.98. The molecule has 0 aliphatic carbocycles. The Balaban J connectivity index is 1.37. The van der Waals surface area contributed by atoms with Gasteiger partial charge in [0.1, 0.15) is 0 Å². The third-order valence-electron chi connectivity index (χ3n) is 16.9. The first kappa shape index (κ1) is 53.7. The normalized spacial score (nSPS) is 13.5. The van der Waals surface area contributed by atoms with E-state index in [1.807, 2.05) is 0 Å². The summed E-state index contributed by atoms with van der Waals surface area (Å²) in [5.41, 5.74) is 23.0. The number of nitrogens with zero attached hydrogens (tertiary/aromatic N) is 2. The number of fused-ring (bicyclic) bond motifs is 2. The number of allylic oxidation sites excluding steroid dienone is 4. The van der Waals surface area contributed by atoms with Crippen LogP contribution in [0.3, 0.4) is 0 Å². The summed E-state index contributed by atoms with van der Waals surface area (Å²) in [6, 6.07) is 69.4. The van der Waals surface area contributed by atoms with Crippen molar-refractivity contribution < 1.29 is 0 Å². The fraction of sp³-hybridized carbons (Fsp3) is 0.288. The van der Waals surface area contributed by atoms with Crippen molar-refractivity contribution >= 4 is 57.2 Å². The lowest BCUT2D eigenvalue weighted by Crippen LogP contribution is -2.59. The van der Waals surface area contributed by atoms with E-state index in [9.17, 15) is 0 Å². The molecule has 1 heterocycles. The topological polar surface area (TPSA) is 6.48 Å². The minimum atomic E-state index is -0.259. The molecule has 1 aliphatic heterocycles. The molecule has 76 heavy (non-hydrogen) atoms. The minimum absolute atomic E-state index is 0.0366. The second-order valence-electron chi connectivity index (χ2n) is 25.1. The van der Waals surface area contributed by atoms with Crippen molar-refractivity contribution in [3.63, 3.8) is 0 Å². The lowest BCUT2D eigenvalue weighted by molar-refractivity contribution is 0.590. The van der Waals surface area contributed by atoms with E-state index in [0.717, 1.165) is 22.7 Å². The SMILES string of the molecule is C/C=C\C(=C/C)C(C)(C)c1ccc(C)c(B2c3cc(C(C)(C)c4ccccc4)ccc3N(c3ccc(C(C)(C)c4ccccc4)cc3)c3cc(N(c4cccc(C(C)(C)C)c4)c4cccc(C(C)(C)C)c4)cc(C)c32)c1. The second-order valence-corrected chi connectivity index (χ2v) is 25.1. The van der Waals surface area contributed by atoms with Crippen molar-refractivity contribution in [3.8, 4) is 0 Å². The van der Waals surface area contributed by atoms with E-state index in [-0.39, 0.29) is 33.8 Å². The molecule has 0 N–H and O–H groups in total. The van der Waals surface area contributed by atoms with Crippen molar-refractivity contribution in [1.82, 2.24) is 0 Å². The number of aryl methyl sites for hydroxylation is 2. The van der Waals surface area contributed by atoms with Crippen LogP contribution in [0, 0.1) is 13.8 Å². The Hall–Kier alpha value is -7.10.